The van der Waals surface area contributed by atoms with E-state index in [9.17, 15) is 0 Å². The summed E-state index contributed by atoms with van der Waals surface area (Å²) in [5.41, 5.74) is 5.52. The fourth-order valence-electron chi connectivity index (χ4n) is 4.42. The maximum absolute atomic E-state index is 5.05. The molecule has 33 heavy (non-hydrogen) atoms. The number of imidazole rings is 1. The predicted molar refractivity (Wildman–Crippen MR) is 136 cm³/mol. The van der Waals surface area contributed by atoms with Crippen molar-refractivity contribution in [3.05, 3.63) is 83.9 Å². The monoisotopic (exact) mass is 449 g/mol. The lowest BCUT2D eigenvalue weighted by Gasteiger charge is -2.12. The predicted octanol–water partition coefficient (Wildman–Crippen LogP) is 6.47. The van der Waals surface area contributed by atoms with Gasteiger partial charge < -0.3 is 10.3 Å². The van der Waals surface area contributed by atoms with Crippen LogP contribution in [-0.4, -0.2) is 25.9 Å². The molecule has 0 unspecified atom stereocenters. The van der Waals surface area contributed by atoms with E-state index in [0.29, 0.717) is 5.92 Å². The summed E-state index contributed by atoms with van der Waals surface area (Å²) in [4.78, 5) is 13.1. The largest absolute Gasteiger partial charge is 0.368 e. The number of rotatable bonds is 6. The van der Waals surface area contributed by atoms with E-state index >= 15 is 0 Å². The Balaban J connectivity index is 1.38. The summed E-state index contributed by atoms with van der Waals surface area (Å²) in [5, 5.41) is 8.18. The number of anilines is 1. The molecule has 162 valence electrons. The van der Waals surface area contributed by atoms with Gasteiger partial charge in [0.15, 0.2) is 5.82 Å². The standard InChI is InChI=1S/C27H23N5S/c1-17(2)27-30-14-24-26(28-12-11-18-13-29-22-9-5-3-7-19(18)22)31-23(15-32(24)27)21-16-33-25-10-6-4-8-20(21)25/h3-5,7-9,13-17,29H,11-12H2,1-2H3,(H,28,31). The van der Waals surface area contributed by atoms with E-state index in [4.69, 9.17) is 9.97 Å². The number of thiophene rings is 1. The number of nitrogens with one attached hydrogen (secondary N) is 2. The summed E-state index contributed by atoms with van der Waals surface area (Å²) in [5.74, 6) is 2.20. The third kappa shape index (κ3) is 3.42. The van der Waals surface area contributed by atoms with Crippen LogP contribution in [0.25, 0.3) is 37.8 Å². The lowest BCUT2D eigenvalue weighted by Crippen LogP contribution is -2.09. The maximum atomic E-state index is 5.05. The minimum atomic E-state index is 0.309. The topological polar surface area (TPSA) is 58.0 Å². The fraction of sp³-hybridized carbons (Fsp3) is 0.185. The van der Waals surface area contributed by atoms with Gasteiger partial charge in [-0.05, 0) is 30.2 Å². The van der Waals surface area contributed by atoms with E-state index in [0.717, 1.165) is 51.5 Å². The highest BCUT2D eigenvalue weighted by Crippen LogP contribution is 2.34. The van der Waals surface area contributed by atoms with Crippen LogP contribution in [0.3, 0.4) is 0 Å². The molecule has 0 atom stereocenters. The molecule has 2 N–H and O–H groups in total. The van der Waals surface area contributed by atoms with Gasteiger partial charge in [-0.1, -0.05) is 44.2 Å². The number of hydrogen-bond acceptors (Lipinski definition) is 4. The number of aromatic amines is 1. The number of aromatic nitrogens is 4. The molecule has 0 aliphatic heterocycles. The number of benzene rings is 1. The van der Waals surface area contributed by atoms with Crippen LogP contribution < -0.4 is 5.32 Å². The third-order valence-electron chi connectivity index (χ3n) is 6.05. The third-order valence-corrected chi connectivity index (χ3v) is 6.97. The molecule has 6 aromatic rings. The van der Waals surface area contributed by atoms with Crippen molar-refractivity contribution in [1.82, 2.24) is 19.4 Å². The Morgan fingerprint density at radius 1 is 1.18 bits per heavy atom. The second-order valence-electron chi connectivity index (χ2n) is 8.53. The van der Waals surface area contributed by atoms with E-state index in [1.54, 1.807) is 11.3 Å². The minimum Gasteiger partial charge on any atom is -0.368 e. The SMILES string of the molecule is CC(C)c1ncc2c(NCCc3c[nH]c4ccccc34)nc(-c3csc4c#cccc34)cn12. The van der Waals surface area contributed by atoms with Gasteiger partial charge in [-0.25, -0.2) is 9.97 Å². The van der Waals surface area contributed by atoms with Crippen LogP contribution in [-0.2, 0) is 6.42 Å². The maximum Gasteiger partial charge on any atom is 0.152 e. The second kappa shape index (κ2) is 7.95. The Morgan fingerprint density at radius 3 is 3.00 bits per heavy atom. The molecule has 0 amide bonds. The lowest BCUT2D eigenvalue weighted by molar-refractivity contribution is 0.769. The van der Waals surface area contributed by atoms with Crippen molar-refractivity contribution < 1.29 is 0 Å². The fourth-order valence-corrected chi connectivity index (χ4v) is 5.32. The van der Waals surface area contributed by atoms with Crippen molar-refractivity contribution >= 4 is 43.7 Å². The Hall–Kier alpha value is -3.82. The van der Waals surface area contributed by atoms with Crippen molar-refractivity contribution in [2.75, 3.05) is 11.9 Å². The van der Waals surface area contributed by atoms with Crippen molar-refractivity contribution in [2.45, 2.75) is 26.2 Å². The summed E-state index contributed by atoms with van der Waals surface area (Å²) in [6.07, 6.45) is 7.04. The highest BCUT2D eigenvalue weighted by atomic mass is 32.1. The van der Waals surface area contributed by atoms with Gasteiger partial charge >= 0.3 is 0 Å². The first-order chi connectivity index (χ1) is 16.2. The zero-order chi connectivity index (χ0) is 22.4. The zero-order valence-corrected chi connectivity index (χ0v) is 19.3. The van der Waals surface area contributed by atoms with Gasteiger partial charge in [0.2, 0.25) is 0 Å². The number of hydrogen-bond donors (Lipinski definition) is 2. The molecule has 2 aromatic carbocycles. The molecule has 0 aliphatic carbocycles. The molecule has 0 fully saturated rings. The summed E-state index contributed by atoms with van der Waals surface area (Å²) in [6.45, 7) is 5.12. The van der Waals surface area contributed by atoms with Crippen molar-refractivity contribution in [3.63, 3.8) is 0 Å². The molecule has 6 rings (SSSR count). The van der Waals surface area contributed by atoms with Crippen LogP contribution in [0.15, 0.2) is 60.4 Å². The first kappa shape index (κ1) is 19.8. The van der Waals surface area contributed by atoms with Crippen LogP contribution in [0.5, 0.6) is 0 Å². The Kier molecular flexibility index (Phi) is 4.78. The molecule has 6 heteroatoms. The quantitative estimate of drug-likeness (QED) is 0.306. The molecule has 5 nitrogen and oxygen atoms in total. The first-order valence-electron chi connectivity index (χ1n) is 11.2. The second-order valence-corrected chi connectivity index (χ2v) is 9.41. The molecule has 0 radical (unpaired) electrons. The number of nitrogens with zero attached hydrogens (tertiary/aromatic N) is 3. The molecule has 4 heterocycles. The van der Waals surface area contributed by atoms with Gasteiger partial charge in [0.05, 0.1) is 16.6 Å². The van der Waals surface area contributed by atoms with E-state index in [2.05, 4.69) is 88.8 Å². The van der Waals surface area contributed by atoms with Crippen LogP contribution >= 0.6 is 11.3 Å². The Labute approximate surface area is 196 Å². The van der Waals surface area contributed by atoms with E-state index in [1.165, 1.54) is 16.5 Å². The highest BCUT2D eigenvalue weighted by molar-refractivity contribution is 7.17. The average molecular weight is 450 g/mol. The van der Waals surface area contributed by atoms with E-state index < -0.39 is 0 Å². The van der Waals surface area contributed by atoms with Gasteiger partial charge in [0.1, 0.15) is 11.3 Å². The van der Waals surface area contributed by atoms with Crippen molar-refractivity contribution in [1.29, 1.82) is 0 Å². The molecular weight excluding hydrogens is 426 g/mol. The number of H-pyrrole nitrogens is 1. The zero-order valence-electron chi connectivity index (χ0n) is 18.5. The van der Waals surface area contributed by atoms with Crippen molar-refractivity contribution in [2.24, 2.45) is 0 Å². The number of fused-ring (bicyclic) bond motifs is 3. The summed E-state index contributed by atoms with van der Waals surface area (Å²) < 4.78 is 3.28. The van der Waals surface area contributed by atoms with Gasteiger partial charge in [-0.2, -0.15) is 0 Å². The molecular formula is C27H23N5S. The van der Waals surface area contributed by atoms with Gasteiger partial charge in [-0.3, -0.25) is 4.40 Å². The lowest BCUT2D eigenvalue weighted by atomic mass is 10.1. The van der Waals surface area contributed by atoms with Crippen LogP contribution in [0.1, 0.15) is 31.2 Å². The highest BCUT2D eigenvalue weighted by Gasteiger charge is 2.16. The Morgan fingerprint density at radius 2 is 2.09 bits per heavy atom. The molecule has 4 aromatic heterocycles. The van der Waals surface area contributed by atoms with Crippen molar-refractivity contribution in [3.8, 4) is 11.3 Å². The molecule has 0 saturated carbocycles. The smallest absolute Gasteiger partial charge is 0.152 e. The number of para-hydroxylation sites is 1. The average Bonchev–Trinajstić information content (AvgIpc) is 3.55. The minimum absolute atomic E-state index is 0.309. The van der Waals surface area contributed by atoms with Crippen LogP contribution in [0.4, 0.5) is 5.82 Å². The molecule has 0 aliphatic rings. The van der Waals surface area contributed by atoms with Crippen LogP contribution in [0.2, 0.25) is 0 Å². The van der Waals surface area contributed by atoms with Gasteiger partial charge in [0, 0.05) is 52.1 Å². The van der Waals surface area contributed by atoms with E-state index in [-0.39, 0.29) is 0 Å². The summed E-state index contributed by atoms with van der Waals surface area (Å²) >= 11 is 1.67. The molecule has 0 saturated heterocycles. The van der Waals surface area contributed by atoms with Gasteiger partial charge in [0.25, 0.3) is 0 Å². The normalized spacial score (nSPS) is 11.6. The summed E-state index contributed by atoms with van der Waals surface area (Å²) in [7, 11) is 0. The van der Waals surface area contributed by atoms with E-state index in [1.807, 2.05) is 12.3 Å². The van der Waals surface area contributed by atoms with Crippen LogP contribution in [0, 0.1) is 12.1 Å². The Bertz CT molecular complexity index is 1590. The molecule has 0 bridgehead atoms. The molecule has 0 spiro atoms. The summed E-state index contributed by atoms with van der Waals surface area (Å²) in [6, 6.07) is 18.7. The first-order valence-corrected chi connectivity index (χ1v) is 12.0. The van der Waals surface area contributed by atoms with Gasteiger partial charge in [-0.15, -0.1) is 11.3 Å².